The van der Waals surface area contributed by atoms with E-state index < -0.39 is 0 Å². The van der Waals surface area contributed by atoms with Crippen molar-refractivity contribution in [3.8, 4) is 0 Å². The van der Waals surface area contributed by atoms with Gasteiger partial charge in [0.15, 0.2) is 5.78 Å². The number of benzene rings is 1. The molecule has 2 atom stereocenters. The van der Waals surface area contributed by atoms with Crippen LogP contribution in [0.2, 0.25) is 0 Å². The van der Waals surface area contributed by atoms with Crippen molar-refractivity contribution in [3.63, 3.8) is 0 Å². The minimum Gasteiger partial charge on any atom is -0.356 e. The third-order valence-electron chi connectivity index (χ3n) is 2.29. The number of epoxide rings is 1. The summed E-state index contributed by atoms with van der Waals surface area (Å²) in [5, 5.41) is 0. The molecule has 1 heterocycles. The molecule has 0 bridgehead atoms. The summed E-state index contributed by atoms with van der Waals surface area (Å²) < 4.78 is 5.31. The Hall–Kier alpha value is -1.15. The van der Waals surface area contributed by atoms with Crippen molar-refractivity contribution in [2.24, 2.45) is 0 Å². The number of rotatable bonds is 3. The highest BCUT2D eigenvalue weighted by atomic mass is 16.6. The van der Waals surface area contributed by atoms with E-state index in [1.165, 1.54) is 0 Å². The van der Waals surface area contributed by atoms with Gasteiger partial charge in [0.25, 0.3) is 0 Å². The smallest absolute Gasteiger partial charge is 0.164 e. The van der Waals surface area contributed by atoms with Gasteiger partial charge >= 0.3 is 0 Å². The van der Waals surface area contributed by atoms with Gasteiger partial charge in [-0.2, -0.15) is 0 Å². The average Bonchev–Trinajstić information content (AvgIpc) is 2.98. The van der Waals surface area contributed by atoms with Crippen LogP contribution in [0.15, 0.2) is 30.3 Å². The highest BCUT2D eigenvalue weighted by Gasteiger charge is 2.44. The van der Waals surface area contributed by atoms with E-state index in [0.29, 0.717) is 6.42 Å². The Morgan fingerprint density at radius 2 is 2.08 bits per heavy atom. The summed E-state index contributed by atoms with van der Waals surface area (Å²) in [6.07, 6.45) is 0.412. The number of carbonyl (C=O) groups excluding carboxylic acids is 1. The number of hydrogen-bond acceptors (Lipinski definition) is 2. The van der Waals surface area contributed by atoms with Gasteiger partial charge in [0, 0.05) is 6.42 Å². The predicted octanol–water partition coefficient (Wildman–Crippen LogP) is 2.11. The SMILES string of the molecule is CCC(=O)[C@H]1O[C@@H]1c1ccccc1. The largest absolute Gasteiger partial charge is 0.356 e. The van der Waals surface area contributed by atoms with Crippen LogP contribution in [0.4, 0.5) is 0 Å². The van der Waals surface area contributed by atoms with E-state index in [1.54, 1.807) is 0 Å². The molecule has 2 rings (SSSR count). The lowest BCUT2D eigenvalue weighted by Crippen LogP contribution is -2.04. The van der Waals surface area contributed by atoms with E-state index in [-0.39, 0.29) is 18.0 Å². The summed E-state index contributed by atoms with van der Waals surface area (Å²) in [7, 11) is 0. The second-order valence-corrected chi connectivity index (χ2v) is 3.21. The molecule has 0 amide bonds. The van der Waals surface area contributed by atoms with Crippen molar-refractivity contribution in [3.05, 3.63) is 35.9 Å². The maximum absolute atomic E-state index is 11.2. The third kappa shape index (κ3) is 1.63. The quantitative estimate of drug-likeness (QED) is 0.660. The molecule has 0 aromatic heterocycles. The van der Waals surface area contributed by atoms with Crippen LogP contribution >= 0.6 is 0 Å². The topological polar surface area (TPSA) is 29.6 Å². The Bertz CT molecular complexity index is 305. The molecule has 0 spiro atoms. The van der Waals surface area contributed by atoms with Crippen molar-refractivity contribution in [1.82, 2.24) is 0 Å². The second-order valence-electron chi connectivity index (χ2n) is 3.21. The molecule has 0 radical (unpaired) electrons. The van der Waals surface area contributed by atoms with Crippen molar-refractivity contribution in [2.45, 2.75) is 25.6 Å². The van der Waals surface area contributed by atoms with Crippen LogP contribution < -0.4 is 0 Å². The van der Waals surface area contributed by atoms with Gasteiger partial charge in [-0.1, -0.05) is 37.3 Å². The molecule has 1 aromatic rings. The molecule has 1 fully saturated rings. The number of ketones is 1. The summed E-state index contributed by atoms with van der Waals surface area (Å²) in [5.74, 6) is 0.203. The number of carbonyl (C=O) groups is 1. The van der Waals surface area contributed by atoms with Crippen LogP contribution in [0, 0.1) is 0 Å². The van der Waals surface area contributed by atoms with Gasteiger partial charge in [0.05, 0.1) is 0 Å². The third-order valence-corrected chi connectivity index (χ3v) is 2.29. The first-order valence-corrected chi connectivity index (χ1v) is 4.56. The Kier molecular flexibility index (Phi) is 2.15. The summed E-state index contributed by atoms with van der Waals surface area (Å²) >= 11 is 0. The van der Waals surface area contributed by atoms with Crippen molar-refractivity contribution >= 4 is 5.78 Å². The molecule has 68 valence electrons. The molecule has 2 nitrogen and oxygen atoms in total. The fourth-order valence-electron chi connectivity index (χ4n) is 1.45. The van der Waals surface area contributed by atoms with Crippen molar-refractivity contribution in [1.29, 1.82) is 0 Å². The Morgan fingerprint density at radius 1 is 1.38 bits per heavy atom. The lowest BCUT2D eigenvalue weighted by molar-refractivity contribution is -0.119. The van der Waals surface area contributed by atoms with E-state index in [0.717, 1.165) is 5.56 Å². The second kappa shape index (κ2) is 3.30. The zero-order valence-corrected chi connectivity index (χ0v) is 7.57. The Morgan fingerprint density at radius 3 is 2.69 bits per heavy atom. The monoisotopic (exact) mass is 176 g/mol. The number of ether oxygens (including phenoxy) is 1. The van der Waals surface area contributed by atoms with E-state index in [9.17, 15) is 4.79 Å². The maximum atomic E-state index is 11.2. The summed E-state index contributed by atoms with van der Waals surface area (Å²) in [6, 6.07) is 9.87. The lowest BCUT2D eigenvalue weighted by atomic mass is 10.1. The van der Waals surface area contributed by atoms with E-state index >= 15 is 0 Å². The van der Waals surface area contributed by atoms with E-state index in [2.05, 4.69) is 0 Å². The van der Waals surface area contributed by atoms with E-state index in [1.807, 2.05) is 37.3 Å². The molecule has 1 aliphatic rings. The first-order chi connectivity index (χ1) is 6.33. The molecular weight excluding hydrogens is 164 g/mol. The molecule has 0 unspecified atom stereocenters. The van der Waals surface area contributed by atoms with Gasteiger partial charge in [0.2, 0.25) is 0 Å². The first-order valence-electron chi connectivity index (χ1n) is 4.56. The minimum absolute atomic E-state index is 0.0219. The number of Topliss-reactive ketones (excluding diaryl/α,β-unsaturated/α-hetero) is 1. The minimum atomic E-state index is -0.174. The van der Waals surface area contributed by atoms with Crippen LogP contribution in [0.5, 0.6) is 0 Å². The van der Waals surface area contributed by atoms with Crippen LogP contribution in [-0.2, 0) is 9.53 Å². The summed E-state index contributed by atoms with van der Waals surface area (Å²) in [6.45, 7) is 1.87. The Labute approximate surface area is 77.5 Å². The molecule has 0 N–H and O–H groups in total. The Balaban J connectivity index is 2.04. The van der Waals surface area contributed by atoms with E-state index in [4.69, 9.17) is 4.74 Å². The molecule has 1 aliphatic heterocycles. The zero-order valence-electron chi connectivity index (χ0n) is 7.57. The molecular formula is C11H12O2. The van der Waals surface area contributed by atoms with Gasteiger partial charge in [-0.05, 0) is 5.56 Å². The van der Waals surface area contributed by atoms with Crippen LogP contribution in [0.25, 0.3) is 0 Å². The first kappa shape index (κ1) is 8.45. The zero-order chi connectivity index (χ0) is 9.26. The van der Waals surface area contributed by atoms with Gasteiger partial charge in [-0.25, -0.2) is 0 Å². The molecule has 13 heavy (non-hydrogen) atoms. The fourth-order valence-corrected chi connectivity index (χ4v) is 1.45. The van der Waals surface area contributed by atoms with Crippen molar-refractivity contribution < 1.29 is 9.53 Å². The van der Waals surface area contributed by atoms with Gasteiger partial charge in [-0.3, -0.25) is 4.79 Å². The van der Waals surface area contributed by atoms with Crippen molar-refractivity contribution in [2.75, 3.05) is 0 Å². The highest BCUT2D eigenvalue weighted by Crippen LogP contribution is 2.39. The molecule has 1 aromatic carbocycles. The van der Waals surface area contributed by atoms with Crippen LogP contribution in [0.1, 0.15) is 25.0 Å². The number of hydrogen-bond donors (Lipinski definition) is 0. The normalized spacial score (nSPS) is 25.6. The molecule has 0 aliphatic carbocycles. The highest BCUT2D eigenvalue weighted by molar-refractivity contribution is 5.85. The molecule has 0 saturated carbocycles. The maximum Gasteiger partial charge on any atom is 0.164 e. The lowest BCUT2D eigenvalue weighted by Gasteiger charge is -1.92. The standard InChI is InChI=1S/C11H12O2/c1-2-9(12)11-10(13-11)8-6-4-3-5-7-8/h3-7,10-11H,2H2,1H3/t10-,11-/m1/s1. The van der Waals surface area contributed by atoms with Gasteiger partial charge in [-0.15, -0.1) is 0 Å². The average molecular weight is 176 g/mol. The van der Waals surface area contributed by atoms with Gasteiger partial charge < -0.3 is 4.74 Å². The molecule has 2 heteroatoms. The summed E-state index contributed by atoms with van der Waals surface area (Å²) in [4.78, 5) is 11.2. The van der Waals surface area contributed by atoms with Crippen LogP contribution in [-0.4, -0.2) is 11.9 Å². The summed E-state index contributed by atoms with van der Waals surface area (Å²) in [5.41, 5.74) is 1.11. The predicted molar refractivity (Wildman–Crippen MR) is 49.4 cm³/mol. The fraction of sp³-hybridized carbons (Fsp3) is 0.364. The van der Waals surface area contributed by atoms with Gasteiger partial charge in [0.1, 0.15) is 12.2 Å². The molecule has 1 saturated heterocycles. The van der Waals surface area contributed by atoms with Crippen LogP contribution in [0.3, 0.4) is 0 Å².